The van der Waals surface area contributed by atoms with Crippen molar-refractivity contribution in [3.63, 3.8) is 0 Å². The van der Waals surface area contributed by atoms with Crippen molar-refractivity contribution in [2.24, 2.45) is 11.3 Å². The Morgan fingerprint density at radius 1 is 1.04 bits per heavy atom. The summed E-state index contributed by atoms with van der Waals surface area (Å²) in [7, 11) is -17.6. The summed E-state index contributed by atoms with van der Waals surface area (Å²) in [6, 6.07) is 0. The van der Waals surface area contributed by atoms with Crippen LogP contribution in [0.1, 0.15) is 66.0 Å². The lowest BCUT2D eigenvalue weighted by molar-refractivity contribution is -0.347. The van der Waals surface area contributed by atoms with Gasteiger partial charge in [0.25, 0.3) is 15.6 Å². The maximum Gasteiger partial charge on any atom is 0.274 e. The molecule has 0 saturated carbocycles. The number of aromatic nitrogens is 4. The molecule has 1 fully saturated rings. The van der Waals surface area contributed by atoms with Crippen LogP contribution in [-0.4, -0.2) is 103 Å². The molecule has 2 aromatic heterocycles. The summed E-state index contributed by atoms with van der Waals surface area (Å²) in [6.45, 7) is 4.38. The highest BCUT2D eigenvalue weighted by Crippen LogP contribution is 2.56. The highest BCUT2D eigenvalue weighted by molar-refractivity contribution is 8.13. The summed E-state index contributed by atoms with van der Waals surface area (Å²) in [5.41, 5.74) is 4.08. The van der Waals surface area contributed by atoms with E-state index in [-0.39, 0.29) is 41.6 Å². The van der Waals surface area contributed by atoms with Gasteiger partial charge in [0.05, 0.1) is 27.4 Å². The van der Waals surface area contributed by atoms with Crippen molar-refractivity contribution in [2.45, 2.75) is 90.4 Å². The molecular formula is C29H46N7O17P3S-4. The van der Waals surface area contributed by atoms with E-state index in [1.165, 1.54) is 13.8 Å². The van der Waals surface area contributed by atoms with Crippen LogP contribution in [0.15, 0.2) is 12.7 Å². The number of hydrogen-bond donors (Lipinski definition) is 5. The third-order valence-electron chi connectivity index (χ3n) is 8.15. The molecule has 0 radical (unpaired) electrons. The lowest BCUT2D eigenvalue weighted by atomic mass is 9.87. The lowest BCUT2D eigenvalue weighted by Gasteiger charge is -2.36. The Morgan fingerprint density at radius 2 is 1.72 bits per heavy atom. The van der Waals surface area contributed by atoms with E-state index in [0.717, 1.165) is 48.2 Å². The number of nitrogen functional groups attached to an aromatic ring is 1. The highest BCUT2D eigenvalue weighted by Gasteiger charge is 2.47. The standard InChI is InChI=1S/C29H50N7O17P3S/c1-17(2)7-5-6-8-20(38)57-12-11-31-19(37)9-10-32-27(41)24(40)29(3,4)14-50-56(47,48)53-55(45,46)49-13-18-23(52-54(42,43)44)22(39)28(51-18)36-16-35-21-25(30)33-15-34-26(21)36/h15-18,22-24,28,39-40H,5-14H2,1-4H3,(H,31,37)(H,32,41)(H,45,46)(H,47,48)(H2,30,33,34)(H2,42,43,44)/p-4/t18-,22-,23-,24+,28-/m1/s1. The number of nitrogens with one attached hydrogen (secondary N) is 2. The molecule has 0 bridgehead atoms. The van der Waals surface area contributed by atoms with Crippen LogP contribution in [0.2, 0.25) is 0 Å². The summed E-state index contributed by atoms with van der Waals surface area (Å²) in [6.07, 6.45) is -4.28. The van der Waals surface area contributed by atoms with E-state index in [0.29, 0.717) is 18.1 Å². The number of unbranched alkanes of at least 4 members (excludes halogenated alkanes) is 1. The first-order valence-electron chi connectivity index (χ1n) is 17.4. The van der Waals surface area contributed by atoms with Crippen LogP contribution in [0, 0.1) is 11.3 Å². The molecule has 1 saturated heterocycles. The number of phosphoric ester groups is 3. The van der Waals surface area contributed by atoms with E-state index in [9.17, 15) is 57.9 Å². The Hall–Kier alpha value is -2.44. The predicted octanol–water partition coefficient (Wildman–Crippen LogP) is -1.65. The zero-order chi connectivity index (χ0) is 42.8. The number of anilines is 1. The van der Waals surface area contributed by atoms with Gasteiger partial charge in [-0.05, 0) is 12.3 Å². The SMILES string of the molecule is CC(C)CCCCC(=O)SCCNC(=O)CCNC(=O)[C@H](O)C(C)(C)COP(=O)([O-])OP(=O)([O-])OC[C@H]1O[C@@H](n2cnc3c(N)ncnc32)[C@H](O)[C@@H]1OP(=O)([O-])[O-]. The van der Waals surface area contributed by atoms with Crippen LogP contribution in [0.4, 0.5) is 5.82 Å². The summed E-state index contributed by atoms with van der Waals surface area (Å²) in [5, 5.41) is 26.3. The molecule has 2 unspecified atom stereocenters. The molecule has 7 atom stereocenters. The predicted molar refractivity (Wildman–Crippen MR) is 192 cm³/mol. The summed E-state index contributed by atoms with van der Waals surface area (Å²) < 4.78 is 60.5. The molecule has 324 valence electrons. The normalized spacial score (nSPS) is 21.6. The van der Waals surface area contributed by atoms with Crippen molar-refractivity contribution < 1.29 is 80.5 Å². The maximum atomic E-state index is 12.5. The number of carbonyl (C=O) groups excluding carboxylic acids is 3. The van der Waals surface area contributed by atoms with Gasteiger partial charge in [0.2, 0.25) is 11.8 Å². The van der Waals surface area contributed by atoms with Crippen molar-refractivity contribution in [3.8, 4) is 0 Å². The second-order valence-corrected chi connectivity index (χ2v) is 19.1. The van der Waals surface area contributed by atoms with Crippen molar-refractivity contribution in [2.75, 3.05) is 37.8 Å². The Morgan fingerprint density at radius 3 is 2.39 bits per heavy atom. The van der Waals surface area contributed by atoms with Gasteiger partial charge >= 0.3 is 0 Å². The van der Waals surface area contributed by atoms with Gasteiger partial charge in [-0.2, -0.15) is 0 Å². The van der Waals surface area contributed by atoms with Crippen LogP contribution in [0.25, 0.3) is 11.2 Å². The second kappa shape index (κ2) is 21.2. The summed E-state index contributed by atoms with van der Waals surface area (Å²) >= 11 is 1.12. The number of aliphatic hydroxyl groups excluding tert-OH is 2. The average Bonchev–Trinajstić information content (AvgIpc) is 3.66. The molecule has 28 heteroatoms. The number of imidazole rings is 1. The van der Waals surface area contributed by atoms with Gasteiger partial charge in [-0.15, -0.1) is 0 Å². The van der Waals surface area contributed by atoms with E-state index >= 15 is 0 Å². The van der Waals surface area contributed by atoms with Gasteiger partial charge in [0, 0.05) is 37.1 Å². The van der Waals surface area contributed by atoms with E-state index in [2.05, 4.69) is 57.3 Å². The molecule has 3 heterocycles. The van der Waals surface area contributed by atoms with E-state index in [1.54, 1.807) is 0 Å². The topological polar surface area (TPSA) is 375 Å². The number of phosphoric acid groups is 3. The van der Waals surface area contributed by atoms with Gasteiger partial charge in [-0.3, -0.25) is 28.1 Å². The summed E-state index contributed by atoms with van der Waals surface area (Å²) in [4.78, 5) is 96.0. The Bertz CT molecular complexity index is 1830. The zero-order valence-corrected chi connectivity index (χ0v) is 34.8. The summed E-state index contributed by atoms with van der Waals surface area (Å²) in [5.74, 6) is -0.577. The quantitative estimate of drug-likeness (QED) is 0.0582. The largest absolute Gasteiger partial charge is 0.790 e. The van der Waals surface area contributed by atoms with Crippen molar-refractivity contribution in [3.05, 3.63) is 12.7 Å². The number of ether oxygens (including phenoxy) is 1. The smallest absolute Gasteiger partial charge is 0.274 e. The van der Waals surface area contributed by atoms with Gasteiger partial charge in [-0.25, -0.2) is 19.3 Å². The third kappa shape index (κ3) is 15.9. The molecule has 24 nitrogen and oxygen atoms in total. The van der Waals surface area contributed by atoms with Crippen molar-refractivity contribution in [1.82, 2.24) is 30.2 Å². The van der Waals surface area contributed by atoms with E-state index in [1.807, 2.05) is 0 Å². The number of carbonyl (C=O) groups is 3. The maximum absolute atomic E-state index is 12.5. The van der Waals surface area contributed by atoms with Gasteiger partial charge < -0.3 is 69.0 Å². The minimum absolute atomic E-state index is 0.0197. The number of rotatable bonds is 24. The molecule has 2 aromatic rings. The van der Waals surface area contributed by atoms with Crippen LogP contribution in [0.3, 0.4) is 0 Å². The zero-order valence-electron chi connectivity index (χ0n) is 31.3. The first-order valence-corrected chi connectivity index (χ1v) is 22.8. The van der Waals surface area contributed by atoms with Gasteiger partial charge in [0.15, 0.2) is 22.8 Å². The van der Waals surface area contributed by atoms with Gasteiger partial charge in [-0.1, -0.05) is 52.3 Å². The fourth-order valence-corrected chi connectivity index (χ4v) is 8.62. The average molecular weight is 890 g/mol. The van der Waals surface area contributed by atoms with Crippen molar-refractivity contribution in [1.29, 1.82) is 0 Å². The number of thioether (sulfide) groups is 1. The molecule has 0 aliphatic carbocycles. The van der Waals surface area contributed by atoms with E-state index < -0.39 is 84.6 Å². The van der Waals surface area contributed by atoms with Crippen LogP contribution in [-0.2, 0) is 50.7 Å². The fourth-order valence-electron chi connectivity index (χ4n) is 5.17. The highest BCUT2D eigenvalue weighted by atomic mass is 32.2. The van der Waals surface area contributed by atoms with Crippen LogP contribution >= 0.6 is 35.2 Å². The Balaban J connectivity index is 1.45. The molecule has 57 heavy (non-hydrogen) atoms. The number of fused-ring (bicyclic) bond motifs is 1. The molecule has 0 spiro atoms. The number of hydrogen-bond acceptors (Lipinski definition) is 22. The number of aliphatic hydroxyl groups is 2. The van der Waals surface area contributed by atoms with Crippen LogP contribution in [0.5, 0.6) is 0 Å². The number of nitrogens with two attached hydrogens (primary N) is 1. The fraction of sp³-hybridized carbons (Fsp3) is 0.724. The third-order valence-corrected chi connectivity index (χ3v) is 12.1. The molecule has 6 N–H and O–H groups in total. The molecule has 1 aliphatic rings. The number of amides is 2. The first kappa shape index (κ1) is 48.9. The molecular weight excluding hydrogens is 843 g/mol. The van der Waals surface area contributed by atoms with Crippen molar-refractivity contribution >= 4 is 69.1 Å². The molecule has 0 aromatic carbocycles. The minimum atomic E-state index is -5.91. The lowest BCUT2D eigenvalue weighted by Crippen LogP contribution is -2.46. The van der Waals surface area contributed by atoms with Crippen LogP contribution < -0.4 is 35.9 Å². The Kier molecular flexibility index (Phi) is 18.2. The minimum Gasteiger partial charge on any atom is -0.790 e. The molecule has 1 aliphatic heterocycles. The molecule has 3 rings (SSSR count). The monoisotopic (exact) mass is 889 g/mol. The Labute approximate surface area is 331 Å². The second-order valence-electron chi connectivity index (χ2n) is 13.8. The molecule has 2 amide bonds. The number of nitrogens with zero attached hydrogens (tertiary/aromatic N) is 4. The first-order chi connectivity index (χ1) is 26.4. The van der Waals surface area contributed by atoms with E-state index in [4.69, 9.17) is 10.5 Å². The van der Waals surface area contributed by atoms with Gasteiger partial charge in [0.1, 0.15) is 36.3 Å².